The number of nitrogens with zero attached hydrogens (tertiary/aromatic N) is 2. The van der Waals surface area contributed by atoms with E-state index in [0.717, 1.165) is 5.69 Å². The monoisotopic (exact) mass is 750 g/mol. The number of anilines is 6. The third-order valence-corrected chi connectivity index (χ3v) is 13.0. The summed E-state index contributed by atoms with van der Waals surface area (Å²) < 4.78 is 0. The highest BCUT2D eigenvalue weighted by Gasteiger charge is 2.42. The molecule has 10 rings (SSSR count). The molecule has 0 saturated carbocycles. The Kier molecular flexibility index (Phi) is 8.12. The van der Waals surface area contributed by atoms with Gasteiger partial charge in [-0.05, 0) is 202 Å². The van der Waals surface area contributed by atoms with Crippen LogP contribution >= 0.6 is 0 Å². The van der Waals surface area contributed by atoms with Gasteiger partial charge in [0.15, 0.2) is 0 Å². The second kappa shape index (κ2) is 13.1. The van der Waals surface area contributed by atoms with Gasteiger partial charge in [-0.25, -0.2) is 0 Å². The predicted octanol–water partition coefficient (Wildman–Crippen LogP) is 15.6. The highest BCUT2D eigenvalue weighted by molar-refractivity contribution is 5.98. The first-order chi connectivity index (χ1) is 27.9. The maximum atomic E-state index is 2.54. The van der Waals surface area contributed by atoms with Crippen LogP contribution in [-0.2, 0) is 10.8 Å². The molecule has 0 saturated heterocycles. The fourth-order valence-electron chi connectivity index (χ4n) is 9.92. The van der Waals surface area contributed by atoms with E-state index < -0.39 is 0 Å². The Morgan fingerprint density at radius 3 is 1.12 bits per heavy atom. The zero-order valence-electron chi connectivity index (χ0n) is 34.9. The molecule has 0 fully saturated rings. The normalized spacial score (nSPS) is 14.1. The summed E-state index contributed by atoms with van der Waals surface area (Å²) in [5.74, 6) is 0. The molecule has 2 aliphatic carbocycles. The van der Waals surface area contributed by atoms with Gasteiger partial charge in [-0.15, -0.1) is 0 Å². The van der Waals surface area contributed by atoms with E-state index in [0.29, 0.717) is 0 Å². The molecule has 0 heterocycles. The lowest BCUT2D eigenvalue weighted by molar-refractivity contribution is 0.652. The molecule has 0 aromatic heterocycles. The van der Waals surface area contributed by atoms with Crippen molar-refractivity contribution in [1.29, 1.82) is 0 Å². The topological polar surface area (TPSA) is 6.48 Å². The zero-order valence-corrected chi connectivity index (χ0v) is 34.9. The number of hydrogen-bond donors (Lipinski definition) is 0. The van der Waals surface area contributed by atoms with Gasteiger partial charge >= 0.3 is 0 Å². The lowest BCUT2D eigenvalue weighted by atomic mass is 9.79. The van der Waals surface area contributed by atoms with Crippen LogP contribution < -0.4 is 9.80 Å². The van der Waals surface area contributed by atoms with E-state index in [-0.39, 0.29) is 10.8 Å². The lowest BCUT2D eigenvalue weighted by Crippen LogP contribution is -2.17. The average molecular weight is 751 g/mol. The van der Waals surface area contributed by atoms with Crippen molar-refractivity contribution < 1.29 is 0 Å². The summed E-state index contributed by atoms with van der Waals surface area (Å²) in [6.45, 7) is 18.3. The molecule has 0 amide bonds. The van der Waals surface area contributed by atoms with Crippen molar-refractivity contribution in [3.63, 3.8) is 0 Å². The third-order valence-electron chi connectivity index (χ3n) is 13.0. The van der Waals surface area contributed by atoms with Crippen molar-refractivity contribution in [2.45, 2.75) is 66.2 Å². The Morgan fingerprint density at radius 2 is 0.655 bits per heavy atom. The van der Waals surface area contributed by atoms with Gasteiger partial charge in [0.1, 0.15) is 0 Å². The van der Waals surface area contributed by atoms with Crippen LogP contribution in [-0.4, -0.2) is 0 Å². The molecule has 2 nitrogen and oxygen atoms in total. The van der Waals surface area contributed by atoms with Crippen molar-refractivity contribution in [3.05, 3.63) is 202 Å². The van der Waals surface area contributed by atoms with Gasteiger partial charge in [0.25, 0.3) is 0 Å². The molecule has 0 spiro atoms. The van der Waals surface area contributed by atoms with Crippen LogP contribution in [0.25, 0.3) is 33.0 Å². The van der Waals surface area contributed by atoms with Crippen LogP contribution in [0.4, 0.5) is 34.1 Å². The second-order valence-corrected chi connectivity index (χ2v) is 17.9. The van der Waals surface area contributed by atoms with E-state index in [1.165, 1.54) is 106 Å². The van der Waals surface area contributed by atoms with Gasteiger partial charge in [-0.1, -0.05) is 88.4 Å². The summed E-state index contributed by atoms with van der Waals surface area (Å²) in [6.07, 6.45) is 0. The standard InChI is InChI=1S/C56H50N2/c1-35-13-9-17-41(25-35)57(42-18-10-14-36(2)26-42)45-22-21-39-30-48-50-34-53-49(33-54(50)55(5,6)51(48)31-40(39)29-45)47-24-23-46(32-52(47)56(53,7)8)58(43-19-11-15-37(3)27-43)44-20-12-16-38(4)28-44/h9-34H,1-8H3. The maximum absolute atomic E-state index is 2.54. The number of hydrogen-bond acceptors (Lipinski definition) is 2. The van der Waals surface area contributed by atoms with Gasteiger partial charge in [0.05, 0.1) is 0 Å². The van der Waals surface area contributed by atoms with Crippen molar-refractivity contribution in [1.82, 2.24) is 0 Å². The molecule has 284 valence electrons. The van der Waals surface area contributed by atoms with E-state index >= 15 is 0 Å². The summed E-state index contributed by atoms with van der Waals surface area (Å²) in [5.41, 5.74) is 22.7. The van der Waals surface area contributed by atoms with E-state index in [4.69, 9.17) is 0 Å². The molecule has 0 bridgehead atoms. The molecule has 0 aliphatic heterocycles. The Morgan fingerprint density at radius 1 is 0.293 bits per heavy atom. The van der Waals surface area contributed by atoms with Gasteiger partial charge in [-0.2, -0.15) is 0 Å². The molecular formula is C56H50N2. The molecule has 58 heavy (non-hydrogen) atoms. The molecular weight excluding hydrogens is 701 g/mol. The Balaban J connectivity index is 1.07. The molecule has 0 atom stereocenters. The molecule has 2 aliphatic rings. The van der Waals surface area contributed by atoms with E-state index in [1.54, 1.807) is 0 Å². The van der Waals surface area contributed by atoms with Gasteiger partial charge in [-0.3, -0.25) is 0 Å². The lowest BCUT2D eigenvalue weighted by Gasteiger charge is -2.28. The number of rotatable bonds is 6. The van der Waals surface area contributed by atoms with E-state index in [2.05, 4.69) is 223 Å². The van der Waals surface area contributed by atoms with E-state index in [9.17, 15) is 0 Å². The minimum Gasteiger partial charge on any atom is -0.310 e. The summed E-state index contributed by atoms with van der Waals surface area (Å²) in [6, 6.07) is 59.4. The quantitative estimate of drug-likeness (QED) is 0.167. The Labute approximate surface area is 344 Å². The summed E-state index contributed by atoms with van der Waals surface area (Å²) in [5, 5.41) is 2.53. The minimum absolute atomic E-state index is 0.156. The highest BCUT2D eigenvalue weighted by atomic mass is 15.1. The fourth-order valence-corrected chi connectivity index (χ4v) is 9.92. The molecule has 0 unspecified atom stereocenters. The average Bonchev–Trinajstić information content (AvgIpc) is 3.55. The van der Waals surface area contributed by atoms with Gasteiger partial charge in [0.2, 0.25) is 0 Å². The first-order valence-electron chi connectivity index (χ1n) is 20.7. The predicted molar refractivity (Wildman–Crippen MR) is 247 cm³/mol. The summed E-state index contributed by atoms with van der Waals surface area (Å²) in [4.78, 5) is 4.80. The first kappa shape index (κ1) is 36.0. The maximum Gasteiger partial charge on any atom is 0.0468 e. The molecule has 8 aromatic carbocycles. The Hall–Kier alpha value is -6.38. The summed E-state index contributed by atoms with van der Waals surface area (Å²) in [7, 11) is 0. The van der Waals surface area contributed by atoms with Crippen LogP contribution in [0, 0.1) is 27.7 Å². The van der Waals surface area contributed by atoms with Crippen LogP contribution in [0.2, 0.25) is 0 Å². The molecule has 0 radical (unpaired) electrons. The molecule has 0 N–H and O–H groups in total. The van der Waals surface area contributed by atoms with Crippen LogP contribution in [0.1, 0.15) is 72.2 Å². The number of aryl methyl sites for hydroxylation is 4. The summed E-state index contributed by atoms with van der Waals surface area (Å²) >= 11 is 0. The second-order valence-electron chi connectivity index (χ2n) is 17.9. The van der Waals surface area contributed by atoms with Crippen molar-refractivity contribution >= 4 is 44.9 Å². The van der Waals surface area contributed by atoms with Crippen LogP contribution in [0.3, 0.4) is 0 Å². The van der Waals surface area contributed by atoms with Crippen molar-refractivity contribution in [2.75, 3.05) is 9.80 Å². The largest absolute Gasteiger partial charge is 0.310 e. The third kappa shape index (κ3) is 5.69. The first-order valence-corrected chi connectivity index (χ1v) is 20.7. The van der Waals surface area contributed by atoms with Gasteiger partial charge < -0.3 is 9.80 Å². The van der Waals surface area contributed by atoms with Crippen molar-refractivity contribution in [2.24, 2.45) is 0 Å². The minimum atomic E-state index is -0.172. The number of benzene rings is 8. The van der Waals surface area contributed by atoms with E-state index in [1.807, 2.05) is 0 Å². The van der Waals surface area contributed by atoms with Crippen LogP contribution in [0.5, 0.6) is 0 Å². The number of fused-ring (bicyclic) bond motifs is 7. The molecule has 8 aromatic rings. The zero-order chi connectivity index (χ0) is 40.1. The fraction of sp³-hybridized carbons (Fsp3) is 0.179. The van der Waals surface area contributed by atoms with Crippen molar-refractivity contribution in [3.8, 4) is 22.3 Å². The highest BCUT2D eigenvalue weighted by Crippen LogP contribution is 2.57. The van der Waals surface area contributed by atoms with Crippen LogP contribution in [0.15, 0.2) is 158 Å². The SMILES string of the molecule is Cc1cccc(N(c2cccc(C)c2)c2ccc3c(c2)C(C)(C)c2cc4c(cc2-3)C(C)(C)c2cc3cc(N(c5cccc(C)c5)c5cccc(C)c5)ccc3cc2-4)c1. The molecule has 2 heteroatoms. The Bertz CT molecular complexity index is 2870. The smallest absolute Gasteiger partial charge is 0.0468 e. The van der Waals surface area contributed by atoms with Gasteiger partial charge in [0, 0.05) is 45.0 Å².